The molecule has 0 saturated heterocycles. The van der Waals surface area contributed by atoms with Gasteiger partial charge < -0.3 is 18.5 Å². The van der Waals surface area contributed by atoms with Gasteiger partial charge in [0.05, 0.1) is 5.75 Å². The second-order valence-electron chi connectivity index (χ2n) is 6.33. The highest BCUT2D eigenvalue weighted by Crippen LogP contribution is 2.36. The van der Waals surface area contributed by atoms with Crippen LogP contribution in [0.25, 0.3) is 0 Å². The maximum Gasteiger partial charge on any atom is 0.277 e. The van der Waals surface area contributed by atoms with Crippen molar-refractivity contribution in [1.82, 2.24) is 14.8 Å². The maximum absolute atomic E-state index is 12.5. The molecule has 0 amide bonds. The molecule has 4 rings (SSSR count). The number of hydrogen-bond acceptors (Lipinski definition) is 7. The molecule has 1 aliphatic heterocycles. The minimum Gasteiger partial charge on any atom is -0.485 e. The molecule has 0 saturated carbocycles. The molecule has 1 aliphatic rings. The highest BCUT2D eigenvalue weighted by Gasteiger charge is 2.27. The largest absolute Gasteiger partial charge is 0.485 e. The minimum atomic E-state index is -0.462. The number of aryl methyl sites for hydroxylation is 1. The molecule has 7 nitrogen and oxygen atoms in total. The second-order valence-corrected chi connectivity index (χ2v) is 7.25. The summed E-state index contributed by atoms with van der Waals surface area (Å²) < 4.78 is 19.2. The summed E-state index contributed by atoms with van der Waals surface area (Å²) in [5, 5.41) is 8.39. The first-order chi connectivity index (χ1) is 13.0. The van der Waals surface area contributed by atoms with Crippen LogP contribution in [0.1, 0.15) is 33.7 Å². The van der Waals surface area contributed by atoms with E-state index in [0.29, 0.717) is 29.2 Å². The van der Waals surface area contributed by atoms with Crippen molar-refractivity contribution in [2.24, 2.45) is 7.05 Å². The molecule has 1 atom stereocenters. The van der Waals surface area contributed by atoms with E-state index in [1.165, 1.54) is 11.8 Å². The highest BCUT2D eigenvalue weighted by atomic mass is 32.2. The normalized spacial score (nSPS) is 15.7. The zero-order valence-electron chi connectivity index (χ0n) is 15.3. The molecule has 2 aromatic heterocycles. The Bertz CT molecular complexity index is 995. The Morgan fingerprint density at radius 1 is 1.26 bits per heavy atom. The van der Waals surface area contributed by atoms with Gasteiger partial charge in [0.1, 0.15) is 6.61 Å². The number of benzene rings is 1. The van der Waals surface area contributed by atoms with Crippen LogP contribution < -0.4 is 9.47 Å². The van der Waals surface area contributed by atoms with Crippen molar-refractivity contribution in [1.29, 1.82) is 0 Å². The molecule has 1 aromatic carbocycles. The number of carbonyl (C=O) groups is 1. The molecule has 0 aliphatic carbocycles. The molecule has 0 bridgehead atoms. The van der Waals surface area contributed by atoms with Gasteiger partial charge in [-0.1, -0.05) is 23.9 Å². The molecular weight excluding hydrogens is 366 g/mol. The van der Waals surface area contributed by atoms with Gasteiger partial charge in [-0.25, -0.2) is 0 Å². The lowest BCUT2D eigenvalue weighted by atomic mass is 10.2. The summed E-state index contributed by atoms with van der Waals surface area (Å²) >= 11 is 1.22. The van der Waals surface area contributed by atoms with Gasteiger partial charge in [-0.05, 0) is 32.0 Å². The third-order valence-corrected chi connectivity index (χ3v) is 5.43. The predicted octanol–water partition coefficient (Wildman–Crippen LogP) is 3.51. The summed E-state index contributed by atoms with van der Waals surface area (Å²) in [5.41, 5.74) is 2.73. The van der Waals surface area contributed by atoms with Gasteiger partial charge in [0.25, 0.3) is 11.1 Å². The standard InChI is InChI=1S/C19H19N3O4S/c1-11-8-13(12(2)22(11)3)14(23)10-27-19-21-20-18(26-19)17-9-24-15-6-4-5-7-16(15)25-17/h4-8,17H,9-10H2,1-3H3/t17-/m0/s1. The van der Waals surface area contributed by atoms with Gasteiger partial charge in [0.2, 0.25) is 6.10 Å². The summed E-state index contributed by atoms with van der Waals surface area (Å²) in [6.07, 6.45) is -0.462. The van der Waals surface area contributed by atoms with E-state index >= 15 is 0 Å². The minimum absolute atomic E-state index is 0.0344. The molecule has 0 spiro atoms. The highest BCUT2D eigenvalue weighted by molar-refractivity contribution is 7.99. The number of ketones is 1. The third kappa shape index (κ3) is 3.44. The fourth-order valence-electron chi connectivity index (χ4n) is 2.89. The molecular formula is C19H19N3O4S. The Hall–Kier alpha value is -2.74. The fourth-order valence-corrected chi connectivity index (χ4v) is 3.55. The van der Waals surface area contributed by atoms with E-state index in [2.05, 4.69) is 10.2 Å². The van der Waals surface area contributed by atoms with Crippen molar-refractivity contribution in [3.05, 3.63) is 53.2 Å². The summed E-state index contributed by atoms with van der Waals surface area (Å²) in [6.45, 7) is 4.21. The van der Waals surface area contributed by atoms with Crippen molar-refractivity contribution < 1.29 is 18.7 Å². The van der Waals surface area contributed by atoms with E-state index in [4.69, 9.17) is 13.9 Å². The average Bonchev–Trinajstić information content (AvgIpc) is 3.26. The van der Waals surface area contributed by atoms with Crippen molar-refractivity contribution in [2.75, 3.05) is 12.4 Å². The van der Waals surface area contributed by atoms with E-state index in [0.717, 1.165) is 17.0 Å². The smallest absolute Gasteiger partial charge is 0.277 e. The van der Waals surface area contributed by atoms with E-state index < -0.39 is 6.10 Å². The number of thioether (sulfide) groups is 1. The van der Waals surface area contributed by atoms with Gasteiger partial charge in [0.15, 0.2) is 17.3 Å². The fraction of sp³-hybridized carbons (Fsp3) is 0.316. The Morgan fingerprint density at radius 3 is 2.78 bits per heavy atom. The van der Waals surface area contributed by atoms with Gasteiger partial charge >= 0.3 is 0 Å². The van der Waals surface area contributed by atoms with E-state index in [1.54, 1.807) is 0 Å². The first-order valence-electron chi connectivity index (χ1n) is 8.53. The molecule has 0 radical (unpaired) electrons. The lowest BCUT2D eigenvalue weighted by molar-refractivity contribution is 0.0686. The van der Waals surface area contributed by atoms with Crippen LogP contribution in [0.5, 0.6) is 11.5 Å². The van der Waals surface area contributed by atoms with Gasteiger partial charge in [0, 0.05) is 24.0 Å². The number of carbonyl (C=O) groups excluding carboxylic acids is 1. The van der Waals surface area contributed by atoms with Crippen LogP contribution in [0.3, 0.4) is 0 Å². The molecule has 0 unspecified atom stereocenters. The Morgan fingerprint density at radius 2 is 2.04 bits per heavy atom. The van der Waals surface area contributed by atoms with Crippen molar-refractivity contribution in [2.45, 2.75) is 25.2 Å². The van der Waals surface area contributed by atoms with Crippen LogP contribution in [-0.4, -0.2) is 32.9 Å². The van der Waals surface area contributed by atoms with E-state index in [-0.39, 0.29) is 11.5 Å². The maximum atomic E-state index is 12.5. The van der Waals surface area contributed by atoms with Crippen LogP contribution in [0.15, 0.2) is 40.0 Å². The third-order valence-electron chi connectivity index (χ3n) is 4.61. The van der Waals surface area contributed by atoms with Crippen molar-refractivity contribution >= 4 is 17.5 Å². The molecule has 140 valence electrons. The topological polar surface area (TPSA) is 79.4 Å². The van der Waals surface area contributed by atoms with Gasteiger partial charge in [-0.2, -0.15) is 0 Å². The molecule has 0 N–H and O–H groups in total. The Labute approximate surface area is 160 Å². The Kier molecular flexibility index (Phi) is 4.65. The SMILES string of the molecule is Cc1cc(C(=O)CSc2nnc([C@@H]3COc4ccccc4O3)o2)c(C)n1C. The quantitative estimate of drug-likeness (QED) is 0.491. The number of Topliss-reactive ketones (excluding diaryl/α,β-unsaturated/α-hetero) is 1. The number of aromatic nitrogens is 3. The van der Waals surface area contributed by atoms with Crippen LogP contribution in [0, 0.1) is 13.8 Å². The van der Waals surface area contributed by atoms with E-state index in [1.807, 2.05) is 55.8 Å². The number of fused-ring (bicyclic) bond motifs is 1. The van der Waals surface area contributed by atoms with E-state index in [9.17, 15) is 4.79 Å². The van der Waals surface area contributed by atoms with Crippen molar-refractivity contribution in [3.63, 3.8) is 0 Å². The first-order valence-corrected chi connectivity index (χ1v) is 9.52. The summed E-state index contributed by atoms with van der Waals surface area (Å²) in [6, 6.07) is 9.34. The molecule has 3 aromatic rings. The number of nitrogens with zero attached hydrogens (tertiary/aromatic N) is 3. The number of para-hydroxylation sites is 2. The summed E-state index contributed by atoms with van der Waals surface area (Å²) in [4.78, 5) is 12.5. The van der Waals surface area contributed by atoms with Crippen LogP contribution in [0.4, 0.5) is 0 Å². The molecule has 27 heavy (non-hydrogen) atoms. The Balaban J connectivity index is 1.40. The van der Waals surface area contributed by atoms with Gasteiger partial charge in [-0.3, -0.25) is 4.79 Å². The predicted molar refractivity (Wildman–Crippen MR) is 99.5 cm³/mol. The lowest BCUT2D eigenvalue weighted by Crippen LogP contribution is -2.21. The van der Waals surface area contributed by atoms with Crippen molar-refractivity contribution in [3.8, 4) is 11.5 Å². The lowest BCUT2D eigenvalue weighted by Gasteiger charge is -2.23. The number of ether oxygens (including phenoxy) is 2. The zero-order chi connectivity index (χ0) is 19.0. The molecule has 3 heterocycles. The molecule has 0 fully saturated rings. The molecule has 8 heteroatoms. The monoisotopic (exact) mass is 385 g/mol. The second kappa shape index (κ2) is 7.11. The number of rotatable bonds is 5. The number of hydrogen-bond donors (Lipinski definition) is 0. The van der Waals surface area contributed by atoms with Crippen LogP contribution >= 0.6 is 11.8 Å². The average molecular weight is 385 g/mol. The summed E-state index contributed by atoms with van der Waals surface area (Å²) in [7, 11) is 1.95. The van der Waals surface area contributed by atoms with Crippen LogP contribution in [-0.2, 0) is 7.05 Å². The zero-order valence-corrected chi connectivity index (χ0v) is 16.1. The summed E-state index contributed by atoms with van der Waals surface area (Å²) in [5.74, 6) is 1.95. The van der Waals surface area contributed by atoms with Crippen LogP contribution in [0.2, 0.25) is 0 Å². The first kappa shape index (κ1) is 17.7. The van der Waals surface area contributed by atoms with Gasteiger partial charge in [-0.15, -0.1) is 10.2 Å².